The monoisotopic (exact) mass is 352 g/mol. The van der Waals surface area contributed by atoms with Gasteiger partial charge in [-0.2, -0.15) is 0 Å². The average molecular weight is 352 g/mol. The number of urea groups is 1. The molecule has 3 aromatic rings. The summed E-state index contributed by atoms with van der Waals surface area (Å²) < 4.78 is 7.10. The lowest BCUT2D eigenvalue weighted by molar-refractivity contribution is 0.0937. The van der Waals surface area contributed by atoms with Crippen LogP contribution in [-0.4, -0.2) is 23.6 Å². The number of hydrogen-bond donors (Lipinski definition) is 3. The van der Waals surface area contributed by atoms with Gasteiger partial charge >= 0.3 is 6.03 Å². The summed E-state index contributed by atoms with van der Waals surface area (Å²) >= 11 is 0. The van der Waals surface area contributed by atoms with Gasteiger partial charge in [0.1, 0.15) is 5.75 Å². The summed E-state index contributed by atoms with van der Waals surface area (Å²) in [6.07, 6.45) is 1.73. The molecule has 1 heterocycles. The van der Waals surface area contributed by atoms with Crippen molar-refractivity contribution in [3.05, 3.63) is 65.9 Å². The highest BCUT2D eigenvalue weighted by Crippen LogP contribution is 2.20. The summed E-state index contributed by atoms with van der Waals surface area (Å²) in [4.78, 5) is 24.3. The number of para-hydroxylation sites is 2. The Bertz CT molecular complexity index is 949. The van der Waals surface area contributed by atoms with Gasteiger partial charge in [0.05, 0.1) is 12.7 Å². The molecular formula is C19H20N4O3. The maximum absolute atomic E-state index is 12.4. The molecule has 0 saturated carbocycles. The van der Waals surface area contributed by atoms with E-state index in [-0.39, 0.29) is 12.5 Å². The van der Waals surface area contributed by atoms with Crippen molar-refractivity contribution < 1.29 is 14.3 Å². The lowest BCUT2D eigenvalue weighted by atomic mass is 10.2. The number of carbonyl (C=O) groups excluding carboxylic acids is 2. The molecule has 0 fully saturated rings. The molecule has 0 atom stereocenters. The van der Waals surface area contributed by atoms with E-state index in [1.807, 2.05) is 60.1 Å². The van der Waals surface area contributed by atoms with E-state index in [4.69, 9.17) is 4.74 Å². The summed E-state index contributed by atoms with van der Waals surface area (Å²) in [5.41, 5.74) is 7.06. The van der Waals surface area contributed by atoms with Crippen molar-refractivity contribution in [1.82, 2.24) is 20.7 Å². The third kappa shape index (κ3) is 3.61. The lowest BCUT2D eigenvalue weighted by Gasteiger charge is -2.11. The topological polar surface area (TPSA) is 84.4 Å². The Morgan fingerprint density at radius 1 is 1.04 bits per heavy atom. The van der Waals surface area contributed by atoms with Gasteiger partial charge in [0, 0.05) is 36.3 Å². The molecule has 7 heteroatoms. The van der Waals surface area contributed by atoms with Gasteiger partial charge in [0.15, 0.2) is 0 Å². The maximum atomic E-state index is 12.4. The Balaban J connectivity index is 1.58. The van der Waals surface area contributed by atoms with Crippen molar-refractivity contribution >= 4 is 22.8 Å². The zero-order valence-electron chi connectivity index (χ0n) is 14.6. The van der Waals surface area contributed by atoms with Crippen molar-refractivity contribution in [2.45, 2.75) is 6.54 Å². The molecular weight excluding hydrogens is 332 g/mol. The van der Waals surface area contributed by atoms with Crippen LogP contribution in [0.3, 0.4) is 0 Å². The molecule has 7 nitrogen and oxygen atoms in total. The zero-order valence-corrected chi connectivity index (χ0v) is 14.6. The fourth-order valence-electron chi connectivity index (χ4n) is 2.77. The number of nitrogens with one attached hydrogen (secondary N) is 3. The number of benzene rings is 2. The van der Waals surface area contributed by atoms with Crippen molar-refractivity contribution in [2.75, 3.05) is 7.11 Å². The van der Waals surface area contributed by atoms with Crippen LogP contribution in [0.2, 0.25) is 0 Å². The number of aromatic nitrogens is 1. The molecule has 26 heavy (non-hydrogen) atoms. The summed E-state index contributed by atoms with van der Waals surface area (Å²) in [6, 6.07) is 14.5. The minimum absolute atomic E-state index is 0.278. The summed E-state index contributed by atoms with van der Waals surface area (Å²) in [5.74, 6) is 0.307. The molecule has 0 bridgehead atoms. The molecule has 0 aliphatic rings. The predicted octanol–water partition coefficient (Wildman–Crippen LogP) is 2.33. The van der Waals surface area contributed by atoms with Gasteiger partial charge in [-0.3, -0.25) is 10.2 Å². The quantitative estimate of drug-likeness (QED) is 0.630. The molecule has 3 amide bonds. The predicted molar refractivity (Wildman–Crippen MR) is 98.8 cm³/mol. The van der Waals surface area contributed by atoms with Gasteiger partial charge in [0.25, 0.3) is 5.91 Å². The highest BCUT2D eigenvalue weighted by atomic mass is 16.5. The third-order valence-corrected chi connectivity index (χ3v) is 4.06. The van der Waals surface area contributed by atoms with Gasteiger partial charge in [-0.1, -0.05) is 36.4 Å². The van der Waals surface area contributed by atoms with Crippen LogP contribution in [0, 0.1) is 0 Å². The first kappa shape index (κ1) is 17.3. The summed E-state index contributed by atoms with van der Waals surface area (Å²) in [6.45, 7) is 0.278. The number of carbonyl (C=O) groups is 2. The maximum Gasteiger partial charge on any atom is 0.333 e. The summed E-state index contributed by atoms with van der Waals surface area (Å²) in [7, 11) is 3.44. The molecule has 2 aromatic carbocycles. The highest BCUT2D eigenvalue weighted by Gasteiger charge is 2.14. The number of ether oxygens (including phenoxy) is 1. The second-order valence-corrected chi connectivity index (χ2v) is 5.74. The van der Waals surface area contributed by atoms with Crippen LogP contribution >= 0.6 is 0 Å². The fraction of sp³-hybridized carbons (Fsp3) is 0.158. The average Bonchev–Trinajstić information content (AvgIpc) is 3.02. The molecule has 134 valence electrons. The Morgan fingerprint density at radius 2 is 1.77 bits per heavy atom. The standard InChI is InChI=1S/C19H20N4O3/c1-23-12-15(14-8-4-5-9-16(14)23)18(24)21-22-19(25)20-11-13-7-3-6-10-17(13)26-2/h3-10,12H,11H2,1-2H3,(H,21,24)(H2,20,22,25). The van der Waals surface area contributed by atoms with E-state index in [0.717, 1.165) is 16.5 Å². The number of nitrogens with zero attached hydrogens (tertiary/aromatic N) is 1. The largest absolute Gasteiger partial charge is 0.496 e. The lowest BCUT2D eigenvalue weighted by Crippen LogP contribution is -2.46. The summed E-state index contributed by atoms with van der Waals surface area (Å²) in [5, 5.41) is 3.50. The Labute approximate surface area is 150 Å². The van der Waals surface area contributed by atoms with Crippen molar-refractivity contribution in [3.8, 4) is 5.75 Å². The Hall–Kier alpha value is -3.48. The van der Waals surface area contributed by atoms with Gasteiger partial charge in [-0.15, -0.1) is 0 Å². The van der Waals surface area contributed by atoms with E-state index >= 15 is 0 Å². The van der Waals surface area contributed by atoms with Crippen LogP contribution in [0.25, 0.3) is 10.9 Å². The molecule has 3 N–H and O–H groups in total. The smallest absolute Gasteiger partial charge is 0.333 e. The Kier molecular flexibility index (Phi) is 5.07. The fourth-order valence-corrected chi connectivity index (χ4v) is 2.77. The molecule has 3 rings (SSSR count). The van der Waals surface area contributed by atoms with Crippen molar-refractivity contribution in [2.24, 2.45) is 7.05 Å². The van der Waals surface area contributed by atoms with E-state index in [9.17, 15) is 9.59 Å². The Morgan fingerprint density at radius 3 is 2.58 bits per heavy atom. The van der Waals surface area contributed by atoms with E-state index in [0.29, 0.717) is 11.3 Å². The van der Waals surface area contributed by atoms with Crippen LogP contribution in [0.4, 0.5) is 4.79 Å². The second kappa shape index (κ2) is 7.60. The SMILES string of the molecule is COc1ccccc1CNC(=O)NNC(=O)c1cn(C)c2ccccc12. The number of methoxy groups -OCH3 is 1. The highest BCUT2D eigenvalue weighted by molar-refractivity contribution is 6.07. The van der Waals surface area contributed by atoms with E-state index in [1.54, 1.807) is 13.3 Å². The molecule has 1 aromatic heterocycles. The number of rotatable bonds is 4. The van der Waals surface area contributed by atoms with Gasteiger partial charge < -0.3 is 14.6 Å². The van der Waals surface area contributed by atoms with E-state index in [2.05, 4.69) is 16.2 Å². The van der Waals surface area contributed by atoms with E-state index in [1.165, 1.54) is 0 Å². The number of amides is 3. The second-order valence-electron chi connectivity index (χ2n) is 5.74. The number of aryl methyl sites for hydroxylation is 1. The number of hydrogen-bond acceptors (Lipinski definition) is 3. The van der Waals surface area contributed by atoms with Crippen LogP contribution in [-0.2, 0) is 13.6 Å². The normalized spacial score (nSPS) is 10.4. The van der Waals surface area contributed by atoms with Gasteiger partial charge in [0.2, 0.25) is 0 Å². The number of fused-ring (bicyclic) bond motifs is 1. The van der Waals surface area contributed by atoms with Gasteiger partial charge in [-0.25, -0.2) is 10.2 Å². The van der Waals surface area contributed by atoms with Crippen LogP contribution in [0.5, 0.6) is 5.75 Å². The molecule has 0 aliphatic heterocycles. The van der Waals surface area contributed by atoms with Gasteiger partial charge in [-0.05, 0) is 12.1 Å². The first-order valence-electron chi connectivity index (χ1n) is 8.10. The third-order valence-electron chi connectivity index (χ3n) is 4.06. The van der Waals surface area contributed by atoms with E-state index < -0.39 is 6.03 Å². The molecule has 0 unspecified atom stereocenters. The first-order chi connectivity index (χ1) is 12.6. The van der Waals surface area contributed by atoms with Crippen LogP contribution in [0.1, 0.15) is 15.9 Å². The molecule has 0 spiro atoms. The van der Waals surface area contributed by atoms with Crippen LogP contribution < -0.4 is 20.9 Å². The first-order valence-corrected chi connectivity index (χ1v) is 8.10. The van der Waals surface area contributed by atoms with Crippen molar-refractivity contribution in [3.63, 3.8) is 0 Å². The van der Waals surface area contributed by atoms with Crippen LogP contribution in [0.15, 0.2) is 54.7 Å². The molecule has 0 saturated heterocycles. The minimum Gasteiger partial charge on any atom is -0.496 e. The zero-order chi connectivity index (χ0) is 18.5. The molecule has 0 radical (unpaired) electrons. The van der Waals surface area contributed by atoms with Crippen molar-refractivity contribution in [1.29, 1.82) is 0 Å². The molecule has 0 aliphatic carbocycles. The number of hydrazine groups is 1. The minimum atomic E-state index is -0.510.